The van der Waals surface area contributed by atoms with Crippen molar-refractivity contribution in [2.45, 2.75) is 32.6 Å². The van der Waals surface area contributed by atoms with E-state index in [9.17, 15) is 14.5 Å². The number of hydrogen-bond donors (Lipinski definition) is 1. The first-order valence-electron chi connectivity index (χ1n) is 6.24. The van der Waals surface area contributed by atoms with Crippen molar-refractivity contribution in [3.63, 3.8) is 0 Å². The predicted molar refractivity (Wildman–Crippen MR) is 68.1 cm³/mol. The Morgan fingerprint density at radius 2 is 2.22 bits per heavy atom. The predicted octanol–water partition coefficient (Wildman–Crippen LogP) is 3.73. The van der Waals surface area contributed by atoms with Crippen molar-refractivity contribution in [1.29, 1.82) is 0 Å². The molecule has 0 radical (unpaired) electrons. The van der Waals surface area contributed by atoms with Crippen molar-refractivity contribution >= 4 is 11.4 Å². The molecule has 98 valence electrons. The lowest BCUT2D eigenvalue weighted by atomic mass is 10.0. The van der Waals surface area contributed by atoms with E-state index in [0.717, 1.165) is 31.7 Å². The molecule has 5 heteroatoms. The molecule has 2 rings (SSSR count). The van der Waals surface area contributed by atoms with E-state index in [1.165, 1.54) is 12.1 Å². The Morgan fingerprint density at radius 3 is 2.78 bits per heavy atom. The summed E-state index contributed by atoms with van der Waals surface area (Å²) in [6, 6.07) is 3.51. The largest absolute Gasteiger partial charge is 0.379 e. The molecule has 0 amide bonds. The minimum absolute atomic E-state index is 0.0660. The van der Waals surface area contributed by atoms with Crippen molar-refractivity contribution in [1.82, 2.24) is 0 Å². The fourth-order valence-corrected chi connectivity index (χ4v) is 2.31. The first kappa shape index (κ1) is 12.8. The highest BCUT2D eigenvalue weighted by Crippen LogP contribution is 2.49. The third-order valence-electron chi connectivity index (χ3n) is 3.55. The van der Waals surface area contributed by atoms with Crippen LogP contribution >= 0.6 is 0 Å². The van der Waals surface area contributed by atoms with E-state index in [1.54, 1.807) is 0 Å². The van der Waals surface area contributed by atoms with Gasteiger partial charge in [0, 0.05) is 18.7 Å². The van der Waals surface area contributed by atoms with Crippen LogP contribution in [0.3, 0.4) is 0 Å². The van der Waals surface area contributed by atoms with Crippen molar-refractivity contribution < 1.29 is 9.31 Å². The van der Waals surface area contributed by atoms with Gasteiger partial charge in [0.1, 0.15) is 11.5 Å². The van der Waals surface area contributed by atoms with Crippen LogP contribution in [-0.2, 0) is 0 Å². The first-order chi connectivity index (χ1) is 8.56. The summed E-state index contributed by atoms with van der Waals surface area (Å²) in [5, 5.41) is 13.9. The van der Waals surface area contributed by atoms with E-state index in [-0.39, 0.29) is 16.8 Å². The fraction of sp³-hybridized carbons (Fsp3) is 0.538. The van der Waals surface area contributed by atoms with Gasteiger partial charge in [0.25, 0.3) is 5.69 Å². The Balaban J connectivity index is 2.08. The second-order valence-electron chi connectivity index (χ2n) is 5.02. The van der Waals surface area contributed by atoms with E-state index in [2.05, 4.69) is 12.2 Å². The summed E-state index contributed by atoms with van der Waals surface area (Å²) in [7, 11) is 0. The van der Waals surface area contributed by atoms with Crippen LogP contribution in [0, 0.1) is 21.3 Å². The second kappa shape index (κ2) is 4.92. The molecule has 1 aliphatic carbocycles. The Hall–Kier alpha value is -1.65. The van der Waals surface area contributed by atoms with Gasteiger partial charge in [0.15, 0.2) is 0 Å². The molecule has 1 aromatic carbocycles. The van der Waals surface area contributed by atoms with Crippen LogP contribution in [0.5, 0.6) is 0 Å². The van der Waals surface area contributed by atoms with Gasteiger partial charge in [0.2, 0.25) is 0 Å². The summed E-state index contributed by atoms with van der Waals surface area (Å²) in [5.74, 6) is -0.455. The highest BCUT2D eigenvalue weighted by molar-refractivity contribution is 5.61. The highest BCUT2D eigenvalue weighted by atomic mass is 19.1. The van der Waals surface area contributed by atoms with Gasteiger partial charge in [-0.15, -0.1) is 0 Å². The quantitative estimate of drug-likeness (QED) is 0.620. The Bertz CT molecular complexity index is 458. The van der Waals surface area contributed by atoms with Crippen LogP contribution in [0.25, 0.3) is 0 Å². The van der Waals surface area contributed by atoms with Crippen LogP contribution in [0.4, 0.5) is 15.8 Å². The molecule has 0 unspecified atom stereocenters. The average molecular weight is 252 g/mol. The molecule has 1 aliphatic rings. The van der Waals surface area contributed by atoms with Gasteiger partial charge in [-0.05, 0) is 30.7 Å². The lowest BCUT2D eigenvalue weighted by Crippen LogP contribution is -2.16. The van der Waals surface area contributed by atoms with Crippen LogP contribution in [0.15, 0.2) is 18.2 Å². The minimum atomic E-state index is -0.485. The number of nitrogens with zero attached hydrogens (tertiary/aromatic N) is 1. The third-order valence-corrected chi connectivity index (χ3v) is 3.55. The summed E-state index contributed by atoms with van der Waals surface area (Å²) in [4.78, 5) is 10.4. The van der Waals surface area contributed by atoms with E-state index in [1.807, 2.05) is 0 Å². The van der Waals surface area contributed by atoms with E-state index in [0.29, 0.717) is 6.54 Å². The second-order valence-corrected chi connectivity index (χ2v) is 5.02. The number of halogens is 1. The molecule has 0 saturated heterocycles. The number of hydrogen-bond acceptors (Lipinski definition) is 3. The highest BCUT2D eigenvalue weighted by Gasteiger charge is 2.41. The van der Waals surface area contributed by atoms with Crippen LogP contribution in [0.2, 0.25) is 0 Å². The lowest BCUT2D eigenvalue weighted by Gasteiger charge is -2.15. The molecule has 0 bridgehead atoms. The summed E-state index contributed by atoms with van der Waals surface area (Å²) in [5.41, 5.74) is 0.487. The molecule has 0 aliphatic heterocycles. The smallest absolute Gasteiger partial charge is 0.292 e. The SMILES string of the molecule is CCCC1(CNc2cc(F)ccc2[N+](=O)[O-])CC1. The normalized spacial score (nSPS) is 16.3. The number of anilines is 1. The zero-order valence-corrected chi connectivity index (χ0v) is 10.4. The first-order valence-corrected chi connectivity index (χ1v) is 6.24. The van der Waals surface area contributed by atoms with E-state index >= 15 is 0 Å². The summed E-state index contributed by atoms with van der Waals surface area (Å²) in [6.07, 6.45) is 4.52. The molecule has 4 nitrogen and oxygen atoms in total. The van der Waals surface area contributed by atoms with Gasteiger partial charge in [0.05, 0.1) is 4.92 Å². The molecule has 1 saturated carbocycles. The van der Waals surface area contributed by atoms with Crippen molar-refractivity contribution in [3.8, 4) is 0 Å². The maximum Gasteiger partial charge on any atom is 0.292 e. The molecule has 1 aromatic rings. The molecule has 0 aromatic heterocycles. The minimum Gasteiger partial charge on any atom is -0.379 e. The Labute approximate surface area is 105 Å². The van der Waals surface area contributed by atoms with Crippen molar-refractivity contribution in [2.75, 3.05) is 11.9 Å². The third kappa shape index (κ3) is 2.78. The van der Waals surface area contributed by atoms with Gasteiger partial charge in [-0.1, -0.05) is 13.3 Å². The summed E-state index contributed by atoms with van der Waals surface area (Å²) in [6.45, 7) is 2.82. The molecular formula is C13H17FN2O2. The zero-order valence-electron chi connectivity index (χ0n) is 10.4. The standard InChI is InChI=1S/C13H17FN2O2/c1-2-5-13(6-7-13)9-15-11-8-10(14)3-4-12(11)16(17)18/h3-4,8,15H,2,5-7,9H2,1H3. The molecule has 0 atom stereocenters. The van der Waals surface area contributed by atoms with Crippen molar-refractivity contribution in [3.05, 3.63) is 34.1 Å². The number of nitro benzene ring substituents is 1. The van der Waals surface area contributed by atoms with Crippen LogP contribution in [0.1, 0.15) is 32.6 Å². The monoisotopic (exact) mass is 252 g/mol. The summed E-state index contributed by atoms with van der Waals surface area (Å²) < 4.78 is 13.1. The molecule has 18 heavy (non-hydrogen) atoms. The van der Waals surface area contributed by atoms with Gasteiger partial charge < -0.3 is 5.32 Å². The number of benzene rings is 1. The molecule has 0 spiro atoms. The number of nitrogens with one attached hydrogen (secondary N) is 1. The van der Waals surface area contributed by atoms with Crippen LogP contribution < -0.4 is 5.32 Å². The van der Waals surface area contributed by atoms with Gasteiger partial charge >= 0.3 is 0 Å². The van der Waals surface area contributed by atoms with Gasteiger partial charge in [-0.25, -0.2) is 4.39 Å². The lowest BCUT2D eigenvalue weighted by molar-refractivity contribution is -0.384. The van der Waals surface area contributed by atoms with Gasteiger partial charge in [-0.2, -0.15) is 0 Å². The van der Waals surface area contributed by atoms with Crippen LogP contribution in [-0.4, -0.2) is 11.5 Å². The summed E-state index contributed by atoms with van der Waals surface area (Å²) >= 11 is 0. The van der Waals surface area contributed by atoms with Crippen molar-refractivity contribution in [2.24, 2.45) is 5.41 Å². The molecule has 1 fully saturated rings. The zero-order chi connectivity index (χ0) is 13.2. The maximum atomic E-state index is 13.1. The van der Waals surface area contributed by atoms with E-state index in [4.69, 9.17) is 0 Å². The molecule has 1 N–H and O–H groups in total. The number of nitro groups is 1. The Kier molecular flexibility index (Phi) is 3.50. The molecule has 0 heterocycles. The maximum absolute atomic E-state index is 13.1. The molecular weight excluding hydrogens is 235 g/mol. The topological polar surface area (TPSA) is 55.2 Å². The van der Waals surface area contributed by atoms with E-state index < -0.39 is 10.7 Å². The fourth-order valence-electron chi connectivity index (χ4n) is 2.31. The Morgan fingerprint density at radius 1 is 1.50 bits per heavy atom. The average Bonchev–Trinajstić information content (AvgIpc) is 3.07. The van der Waals surface area contributed by atoms with Gasteiger partial charge in [-0.3, -0.25) is 10.1 Å². The number of rotatable bonds is 6.